The highest BCUT2D eigenvalue weighted by atomic mass is 16.5. The molecule has 0 aromatic carbocycles. The Hall–Kier alpha value is -1.39. The van der Waals surface area contributed by atoms with E-state index in [2.05, 4.69) is 10.1 Å². The van der Waals surface area contributed by atoms with Crippen molar-refractivity contribution in [2.24, 2.45) is 0 Å². The van der Waals surface area contributed by atoms with Crippen LogP contribution in [0.1, 0.15) is 75.4 Å². The number of aromatic nitrogens is 2. The van der Waals surface area contributed by atoms with Crippen LogP contribution in [0.15, 0.2) is 4.52 Å². The molecule has 0 N–H and O–H groups in total. The van der Waals surface area contributed by atoms with Gasteiger partial charge in [0.1, 0.15) is 0 Å². The monoisotopic (exact) mass is 277 g/mol. The lowest BCUT2D eigenvalue weighted by Crippen LogP contribution is -2.28. The van der Waals surface area contributed by atoms with Crippen molar-refractivity contribution in [3.63, 3.8) is 0 Å². The van der Waals surface area contributed by atoms with Gasteiger partial charge >= 0.3 is 0 Å². The minimum Gasteiger partial charge on any atom is -0.342 e. The van der Waals surface area contributed by atoms with E-state index < -0.39 is 0 Å². The van der Waals surface area contributed by atoms with Gasteiger partial charge in [0.25, 0.3) is 0 Å². The fourth-order valence-corrected chi connectivity index (χ4v) is 3.32. The molecule has 2 aliphatic rings. The molecular weight excluding hydrogens is 254 g/mol. The second-order valence-corrected chi connectivity index (χ2v) is 6.05. The molecule has 1 aromatic heterocycles. The zero-order valence-electron chi connectivity index (χ0n) is 12.2. The fourth-order valence-electron chi connectivity index (χ4n) is 3.32. The third kappa shape index (κ3) is 2.72. The number of carbonyl (C=O) groups excluding carboxylic acids is 1. The number of likely N-dealkylation sites (tertiary alicyclic amines) is 1. The highest BCUT2D eigenvalue weighted by Gasteiger charge is 2.31. The molecule has 1 atom stereocenters. The molecule has 1 aliphatic carbocycles. The average Bonchev–Trinajstić information content (AvgIpc) is 3.19. The van der Waals surface area contributed by atoms with Crippen molar-refractivity contribution in [2.45, 2.75) is 63.7 Å². The number of hydrogen-bond donors (Lipinski definition) is 0. The second kappa shape index (κ2) is 5.94. The van der Waals surface area contributed by atoms with E-state index in [0.717, 1.165) is 37.6 Å². The number of carbonyl (C=O) groups is 1. The summed E-state index contributed by atoms with van der Waals surface area (Å²) in [5.74, 6) is 2.60. The number of amides is 1. The van der Waals surface area contributed by atoms with Gasteiger partial charge in [-0.15, -0.1) is 0 Å². The van der Waals surface area contributed by atoms with E-state index in [-0.39, 0.29) is 11.8 Å². The van der Waals surface area contributed by atoms with Crippen molar-refractivity contribution in [2.75, 3.05) is 13.1 Å². The molecule has 5 nitrogen and oxygen atoms in total. The van der Waals surface area contributed by atoms with Gasteiger partial charge in [0, 0.05) is 25.4 Å². The third-order valence-electron chi connectivity index (χ3n) is 4.53. The van der Waals surface area contributed by atoms with Crippen LogP contribution in [0.3, 0.4) is 0 Å². The second-order valence-electron chi connectivity index (χ2n) is 6.05. The Bertz CT molecular complexity index is 465. The molecule has 1 aromatic rings. The van der Waals surface area contributed by atoms with Crippen molar-refractivity contribution < 1.29 is 9.32 Å². The summed E-state index contributed by atoms with van der Waals surface area (Å²) in [4.78, 5) is 18.4. The summed E-state index contributed by atoms with van der Waals surface area (Å²) in [5, 5.41) is 4.16. The Labute approximate surface area is 119 Å². The first kappa shape index (κ1) is 13.6. The first-order valence-electron chi connectivity index (χ1n) is 7.89. The first-order valence-corrected chi connectivity index (χ1v) is 7.89. The normalized spacial score (nSPS) is 23.6. The molecule has 0 bridgehead atoms. The Morgan fingerprint density at radius 2 is 2.10 bits per heavy atom. The average molecular weight is 277 g/mol. The molecule has 20 heavy (non-hydrogen) atoms. The maximum atomic E-state index is 11.9. The Balaban J connectivity index is 1.61. The van der Waals surface area contributed by atoms with E-state index in [1.54, 1.807) is 0 Å². The molecule has 3 rings (SSSR count). The van der Waals surface area contributed by atoms with Crippen LogP contribution in [-0.2, 0) is 4.79 Å². The maximum absolute atomic E-state index is 11.9. The summed E-state index contributed by atoms with van der Waals surface area (Å²) in [6.45, 7) is 3.60. The van der Waals surface area contributed by atoms with Crippen molar-refractivity contribution in [1.82, 2.24) is 15.0 Å². The molecule has 1 amide bonds. The van der Waals surface area contributed by atoms with Crippen LogP contribution in [0.2, 0.25) is 0 Å². The van der Waals surface area contributed by atoms with E-state index in [0.29, 0.717) is 12.3 Å². The van der Waals surface area contributed by atoms with Crippen LogP contribution in [0.25, 0.3) is 0 Å². The van der Waals surface area contributed by atoms with Crippen LogP contribution in [0.4, 0.5) is 0 Å². The van der Waals surface area contributed by atoms with E-state index in [1.165, 1.54) is 25.7 Å². The molecule has 2 fully saturated rings. The van der Waals surface area contributed by atoms with Crippen LogP contribution in [0.5, 0.6) is 0 Å². The SMILES string of the molecule is CCCC(=O)N1CCC(c2nc(C3CCCC3)no2)C1. The Kier molecular flexibility index (Phi) is 4.03. The Morgan fingerprint density at radius 1 is 1.30 bits per heavy atom. The summed E-state index contributed by atoms with van der Waals surface area (Å²) < 4.78 is 5.45. The zero-order valence-corrected chi connectivity index (χ0v) is 12.2. The molecule has 1 aliphatic heterocycles. The van der Waals surface area contributed by atoms with Crippen molar-refractivity contribution >= 4 is 5.91 Å². The molecule has 1 unspecified atom stereocenters. The van der Waals surface area contributed by atoms with Gasteiger partial charge in [-0.05, 0) is 25.7 Å². The lowest BCUT2D eigenvalue weighted by Gasteiger charge is -2.14. The van der Waals surface area contributed by atoms with Gasteiger partial charge in [-0.2, -0.15) is 4.98 Å². The van der Waals surface area contributed by atoms with Gasteiger partial charge in [-0.25, -0.2) is 0 Å². The topological polar surface area (TPSA) is 59.2 Å². The predicted molar refractivity (Wildman–Crippen MR) is 74.4 cm³/mol. The third-order valence-corrected chi connectivity index (χ3v) is 4.53. The Morgan fingerprint density at radius 3 is 2.85 bits per heavy atom. The lowest BCUT2D eigenvalue weighted by atomic mass is 10.1. The van der Waals surface area contributed by atoms with Crippen LogP contribution in [-0.4, -0.2) is 34.0 Å². The van der Waals surface area contributed by atoms with Crippen molar-refractivity contribution in [3.8, 4) is 0 Å². The van der Waals surface area contributed by atoms with Crippen LogP contribution < -0.4 is 0 Å². The molecule has 2 heterocycles. The van der Waals surface area contributed by atoms with Gasteiger partial charge in [0.15, 0.2) is 5.82 Å². The van der Waals surface area contributed by atoms with E-state index in [9.17, 15) is 4.79 Å². The van der Waals surface area contributed by atoms with Crippen LogP contribution in [0, 0.1) is 0 Å². The predicted octanol–water partition coefficient (Wildman–Crippen LogP) is 2.84. The summed E-state index contributed by atoms with van der Waals surface area (Å²) in [6.07, 6.45) is 7.42. The van der Waals surface area contributed by atoms with Gasteiger partial charge in [-0.1, -0.05) is 24.9 Å². The summed E-state index contributed by atoms with van der Waals surface area (Å²) in [5.41, 5.74) is 0. The zero-order chi connectivity index (χ0) is 13.9. The van der Waals surface area contributed by atoms with Gasteiger partial charge in [0.05, 0.1) is 5.92 Å². The van der Waals surface area contributed by atoms with E-state index in [1.807, 2.05) is 11.8 Å². The molecule has 1 saturated heterocycles. The number of nitrogens with zero attached hydrogens (tertiary/aromatic N) is 3. The highest BCUT2D eigenvalue weighted by Crippen LogP contribution is 2.34. The van der Waals surface area contributed by atoms with Crippen LogP contribution >= 0.6 is 0 Å². The largest absolute Gasteiger partial charge is 0.342 e. The summed E-state index contributed by atoms with van der Waals surface area (Å²) in [6, 6.07) is 0. The van der Waals surface area contributed by atoms with Crippen molar-refractivity contribution in [3.05, 3.63) is 11.7 Å². The van der Waals surface area contributed by atoms with Gasteiger partial charge in [0.2, 0.25) is 11.8 Å². The fraction of sp³-hybridized carbons (Fsp3) is 0.800. The minimum atomic E-state index is 0.235. The number of rotatable bonds is 4. The van der Waals surface area contributed by atoms with Gasteiger partial charge < -0.3 is 9.42 Å². The smallest absolute Gasteiger partial charge is 0.231 e. The molecule has 5 heteroatoms. The lowest BCUT2D eigenvalue weighted by molar-refractivity contribution is -0.130. The molecule has 0 radical (unpaired) electrons. The molecule has 0 spiro atoms. The first-order chi connectivity index (χ1) is 9.78. The summed E-state index contributed by atoms with van der Waals surface area (Å²) >= 11 is 0. The van der Waals surface area contributed by atoms with Gasteiger partial charge in [-0.3, -0.25) is 4.79 Å². The molecule has 110 valence electrons. The standard InChI is InChI=1S/C15H23N3O2/c1-2-5-13(19)18-9-8-12(10-18)15-16-14(17-20-15)11-6-3-4-7-11/h11-12H,2-10H2,1H3. The molecule has 1 saturated carbocycles. The van der Waals surface area contributed by atoms with E-state index >= 15 is 0 Å². The quantitative estimate of drug-likeness (QED) is 0.849. The number of hydrogen-bond acceptors (Lipinski definition) is 4. The van der Waals surface area contributed by atoms with Crippen molar-refractivity contribution in [1.29, 1.82) is 0 Å². The minimum absolute atomic E-state index is 0.235. The maximum Gasteiger partial charge on any atom is 0.231 e. The van der Waals surface area contributed by atoms with E-state index in [4.69, 9.17) is 4.52 Å². The summed E-state index contributed by atoms with van der Waals surface area (Å²) in [7, 11) is 0. The highest BCUT2D eigenvalue weighted by molar-refractivity contribution is 5.76. The molecular formula is C15H23N3O2.